The number of benzene rings is 2. The van der Waals surface area contributed by atoms with Crippen molar-refractivity contribution in [1.82, 2.24) is 9.80 Å². The van der Waals surface area contributed by atoms with Crippen molar-refractivity contribution in [2.75, 3.05) is 46.0 Å². The summed E-state index contributed by atoms with van der Waals surface area (Å²) in [5.74, 6) is 0.268. The van der Waals surface area contributed by atoms with Crippen LogP contribution >= 0.6 is 11.6 Å². The third kappa shape index (κ3) is 6.48. The van der Waals surface area contributed by atoms with Gasteiger partial charge in [0.1, 0.15) is 11.6 Å². The maximum Gasteiger partial charge on any atom is 0.227 e. The average molecular weight is 489 g/mol. The van der Waals surface area contributed by atoms with Gasteiger partial charge in [0, 0.05) is 43.0 Å². The molecular weight excluding hydrogens is 459 g/mol. The summed E-state index contributed by atoms with van der Waals surface area (Å²) < 4.78 is 24.7. The Hall–Kier alpha value is -2.64. The standard InChI is InChI=1S/C26H30ClFN2O4/c27-21-4-1-3-20(15-21)16-24(31)30-10-2-9-26(18-30,17-25(32)29-11-13-33-14-12-29)19-34-23-7-5-22(28)6-8-23/h1,3-8,15H,2,9-14,16-19H2/t26-/m0/s1. The van der Waals surface area contributed by atoms with Gasteiger partial charge in [0.05, 0.1) is 26.2 Å². The lowest BCUT2D eigenvalue weighted by Crippen LogP contribution is -2.52. The number of hydrogen-bond donors (Lipinski definition) is 0. The van der Waals surface area contributed by atoms with Crippen molar-refractivity contribution >= 4 is 23.4 Å². The minimum Gasteiger partial charge on any atom is -0.493 e. The molecule has 2 aromatic carbocycles. The Balaban J connectivity index is 1.48. The molecule has 0 aliphatic carbocycles. The van der Waals surface area contributed by atoms with Crippen LogP contribution in [0.5, 0.6) is 5.75 Å². The number of carbonyl (C=O) groups is 2. The first-order chi connectivity index (χ1) is 16.4. The van der Waals surface area contributed by atoms with Crippen LogP contribution in [0.2, 0.25) is 5.02 Å². The van der Waals surface area contributed by atoms with E-state index in [9.17, 15) is 14.0 Å². The highest BCUT2D eigenvalue weighted by Gasteiger charge is 2.41. The highest BCUT2D eigenvalue weighted by Crippen LogP contribution is 2.36. The van der Waals surface area contributed by atoms with Crippen molar-refractivity contribution < 1.29 is 23.5 Å². The molecule has 1 atom stereocenters. The van der Waals surface area contributed by atoms with E-state index in [2.05, 4.69) is 0 Å². The Morgan fingerprint density at radius 3 is 2.53 bits per heavy atom. The Labute approximate surface area is 204 Å². The lowest BCUT2D eigenvalue weighted by atomic mass is 9.77. The molecule has 2 fully saturated rings. The first-order valence-corrected chi connectivity index (χ1v) is 12.1. The third-order valence-corrected chi connectivity index (χ3v) is 6.74. The van der Waals surface area contributed by atoms with Crippen LogP contribution in [0.25, 0.3) is 0 Å². The van der Waals surface area contributed by atoms with Crippen molar-refractivity contribution in [1.29, 1.82) is 0 Å². The molecule has 2 saturated heterocycles. The molecule has 2 aliphatic heterocycles. The summed E-state index contributed by atoms with van der Waals surface area (Å²) in [5.41, 5.74) is 0.340. The Bertz CT molecular complexity index is 997. The van der Waals surface area contributed by atoms with Crippen LogP contribution in [0.1, 0.15) is 24.8 Å². The fraction of sp³-hybridized carbons (Fsp3) is 0.462. The zero-order valence-electron chi connectivity index (χ0n) is 19.2. The number of rotatable bonds is 7. The maximum atomic E-state index is 13.3. The number of nitrogens with zero attached hydrogens (tertiary/aromatic N) is 2. The van der Waals surface area contributed by atoms with Gasteiger partial charge in [0.25, 0.3) is 0 Å². The predicted octanol–water partition coefficient (Wildman–Crippen LogP) is 3.96. The van der Waals surface area contributed by atoms with Crippen LogP contribution in [-0.4, -0.2) is 67.6 Å². The van der Waals surface area contributed by atoms with Gasteiger partial charge in [-0.15, -0.1) is 0 Å². The van der Waals surface area contributed by atoms with Gasteiger partial charge in [-0.3, -0.25) is 9.59 Å². The molecule has 8 heteroatoms. The quantitative estimate of drug-likeness (QED) is 0.592. The molecule has 4 rings (SSSR count). The van der Waals surface area contributed by atoms with E-state index in [1.807, 2.05) is 21.9 Å². The van der Waals surface area contributed by atoms with E-state index in [1.54, 1.807) is 24.3 Å². The normalized spacial score (nSPS) is 20.8. The van der Waals surface area contributed by atoms with Crippen LogP contribution in [0, 0.1) is 11.2 Å². The summed E-state index contributed by atoms with van der Waals surface area (Å²) in [7, 11) is 0. The highest BCUT2D eigenvalue weighted by atomic mass is 35.5. The molecule has 0 aromatic heterocycles. The van der Waals surface area contributed by atoms with Crippen molar-refractivity contribution in [3.8, 4) is 5.75 Å². The molecule has 2 amide bonds. The topological polar surface area (TPSA) is 59.1 Å². The van der Waals surface area contributed by atoms with Crippen LogP contribution in [0.3, 0.4) is 0 Å². The molecular formula is C26H30ClFN2O4. The second-order valence-electron chi connectivity index (χ2n) is 9.14. The number of ether oxygens (including phenoxy) is 2. The number of carbonyl (C=O) groups excluding carboxylic acids is 2. The zero-order valence-corrected chi connectivity index (χ0v) is 19.9. The molecule has 0 spiro atoms. The van der Waals surface area contributed by atoms with E-state index in [4.69, 9.17) is 21.1 Å². The summed E-state index contributed by atoms with van der Waals surface area (Å²) in [5, 5.41) is 0.599. The van der Waals surface area contributed by atoms with Crippen LogP contribution in [0.15, 0.2) is 48.5 Å². The molecule has 6 nitrogen and oxygen atoms in total. The SMILES string of the molecule is O=C(C[C@@]1(COc2ccc(F)cc2)CCCN(C(=O)Cc2cccc(Cl)c2)C1)N1CCOCC1. The van der Waals surface area contributed by atoms with Crippen LogP contribution in [0.4, 0.5) is 4.39 Å². The van der Waals surface area contributed by atoms with Gasteiger partial charge in [0.15, 0.2) is 0 Å². The second-order valence-corrected chi connectivity index (χ2v) is 9.57. The van der Waals surface area contributed by atoms with E-state index < -0.39 is 5.41 Å². The van der Waals surface area contributed by atoms with Gasteiger partial charge in [-0.05, 0) is 54.8 Å². The van der Waals surface area contributed by atoms with E-state index in [0.29, 0.717) is 50.2 Å². The fourth-order valence-corrected chi connectivity index (χ4v) is 4.89. The number of morpholine rings is 1. The van der Waals surface area contributed by atoms with Crippen molar-refractivity contribution in [2.45, 2.75) is 25.7 Å². The van der Waals surface area contributed by atoms with Gasteiger partial charge in [0.2, 0.25) is 11.8 Å². The van der Waals surface area contributed by atoms with E-state index in [0.717, 1.165) is 18.4 Å². The van der Waals surface area contributed by atoms with E-state index in [-0.39, 0.29) is 37.1 Å². The Kier molecular flexibility index (Phi) is 8.06. The van der Waals surface area contributed by atoms with Crippen molar-refractivity contribution in [3.05, 3.63) is 64.9 Å². The monoisotopic (exact) mass is 488 g/mol. The number of piperidine rings is 1. The number of likely N-dealkylation sites (tertiary alicyclic amines) is 1. The largest absolute Gasteiger partial charge is 0.493 e. The molecule has 0 saturated carbocycles. The summed E-state index contributed by atoms with van der Waals surface area (Å²) in [6, 6.07) is 13.2. The van der Waals surface area contributed by atoms with Crippen LogP contribution < -0.4 is 4.74 Å². The van der Waals surface area contributed by atoms with Gasteiger partial charge >= 0.3 is 0 Å². The summed E-state index contributed by atoms with van der Waals surface area (Å²) in [4.78, 5) is 30.0. The Morgan fingerprint density at radius 2 is 1.79 bits per heavy atom. The molecule has 182 valence electrons. The smallest absolute Gasteiger partial charge is 0.227 e. The first-order valence-electron chi connectivity index (χ1n) is 11.7. The molecule has 0 bridgehead atoms. The van der Waals surface area contributed by atoms with Crippen molar-refractivity contribution in [3.63, 3.8) is 0 Å². The summed E-state index contributed by atoms with van der Waals surface area (Å²) >= 11 is 6.08. The number of amides is 2. The lowest BCUT2D eigenvalue weighted by molar-refractivity contribution is -0.143. The molecule has 2 heterocycles. The van der Waals surface area contributed by atoms with Crippen LogP contribution in [-0.2, 0) is 20.7 Å². The maximum absolute atomic E-state index is 13.3. The van der Waals surface area contributed by atoms with Gasteiger partial charge in [-0.1, -0.05) is 23.7 Å². The number of halogens is 2. The van der Waals surface area contributed by atoms with Gasteiger partial charge in [-0.2, -0.15) is 0 Å². The molecule has 2 aliphatic rings. The first kappa shape index (κ1) is 24.5. The lowest BCUT2D eigenvalue weighted by Gasteiger charge is -2.43. The van der Waals surface area contributed by atoms with Gasteiger partial charge < -0.3 is 19.3 Å². The second kappa shape index (κ2) is 11.2. The molecule has 2 aromatic rings. The molecule has 0 unspecified atom stereocenters. The zero-order chi connectivity index (χ0) is 24.0. The molecule has 34 heavy (non-hydrogen) atoms. The third-order valence-electron chi connectivity index (χ3n) is 6.51. The molecule has 0 N–H and O–H groups in total. The van der Waals surface area contributed by atoms with Crippen molar-refractivity contribution in [2.24, 2.45) is 5.41 Å². The van der Waals surface area contributed by atoms with E-state index in [1.165, 1.54) is 12.1 Å². The highest BCUT2D eigenvalue weighted by molar-refractivity contribution is 6.30. The fourth-order valence-electron chi connectivity index (χ4n) is 4.68. The minimum atomic E-state index is -0.522. The molecule has 0 radical (unpaired) electrons. The van der Waals surface area contributed by atoms with Gasteiger partial charge in [-0.25, -0.2) is 4.39 Å². The summed E-state index contributed by atoms with van der Waals surface area (Å²) in [6.07, 6.45) is 2.09. The predicted molar refractivity (Wildman–Crippen MR) is 127 cm³/mol. The minimum absolute atomic E-state index is 0.00643. The van der Waals surface area contributed by atoms with E-state index >= 15 is 0 Å². The summed E-state index contributed by atoms with van der Waals surface area (Å²) in [6.45, 7) is 3.57. The number of hydrogen-bond acceptors (Lipinski definition) is 4. The average Bonchev–Trinajstić information content (AvgIpc) is 2.84. The Morgan fingerprint density at radius 1 is 1.03 bits per heavy atom.